The molecule has 1 aromatic carbocycles. The van der Waals surface area contributed by atoms with E-state index < -0.39 is 5.76 Å². The van der Waals surface area contributed by atoms with Crippen molar-refractivity contribution in [1.29, 1.82) is 0 Å². The molecule has 6 rings (SSSR count). The van der Waals surface area contributed by atoms with Gasteiger partial charge in [-0.2, -0.15) is 4.98 Å². The monoisotopic (exact) mass is 549 g/mol. The van der Waals surface area contributed by atoms with Gasteiger partial charge in [0.05, 0.1) is 18.8 Å². The molecule has 3 aromatic heterocycles. The first-order chi connectivity index (χ1) is 18.9. The number of nitrogens with one attached hydrogen (secondary N) is 1. The highest BCUT2D eigenvalue weighted by molar-refractivity contribution is 6.30. The zero-order valence-corrected chi connectivity index (χ0v) is 22.9. The third-order valence-corrected chi connectivity index (χ3v) is 8.17. The van der Waals surface area contributed by atoms with Crippen LogP contribution in [0.15, 0.2) is 46.1 Å². The average Bonchev–Trinajstić information content (AvgIpc) is 3.53. The summed E-state index contributed by atoms with van der Waals surface area (Å²) in [6, 6.07) is 7.50. The van der Waals surface area contributed by atoms with Gasteiger partial charge in [-0.25, -0.2) is 19.9 Å². The Morgan fingerprint density at radius 1 is 1.18 bits per heavy atom. The van der Waals surface area contributed by atoms with E-state index in [1.165, 1.54) is 12.8 Å². The van der Waals surface area contributed by atoms with Crippen LogP contribution in [0.2, 0.25) is 5.02 Å². The number of aromatic nitrogens is 6. The van der Waals surface area contributed by atoms with E-state index in [1.807, 2.05) is 30.3 Å². The molecule has 2 aliphatic rings. The molecule has 1 aliphatic carbocycles. The van der Waals surface area contributed by atoms with Crippen LogP contribution in [-0.2, 0) is 11.3 Å². The van der Waals surface area contributed by atoms with Crippen LogP contribution in [0.5, 0.6) is 0 Å². The molecule has 39 heavy (non-hydrogen) atoms. The van der Waals surface area contributed by atoms with Crippen molar-refractivity contribution in [3.8, 4) is 23.0 Å². The molecule has 1 aliphatic heterocycles. The van der Waals surface area contributed by atoms with Gasteiger partial charge < -0.3 is 18.6 Å². The number of imidazole rings is 1. The number of fused-ring (bicyclic) bond motifs is 1. The number of morpholine rings is 1. The Morgan fingerprint density at radius 2 is 2.00 bits per heavy atom. The third kappa shape index (κ3) is 4.98. The first-order valence-corrected chi connectivity index (χ1v) is 13.9. The summed E-state index contributed by atoms with van der Waals surface area (Å²) in [5, 5.41) is 6.86. The Kier molecular flexibility index (Phi) is 6.99. The molecule has 0 unspecified atom stereocenters. The van der Waals surface area contributed by atoms with Gasteiger partial charge in [0.2, 0.25) is 11.8 Å². The molecule has 2 atom stereocenters. The Hall–Kier alpha value is -3.50. The predicted molar refractivity (Wildman–Crippen MR) is 150 cm³/mol. The van der Waals surface area contributed by atoms with Crippen LogP contribution < -0.4 is 10.7 Å². The number of H-pyrrole nitrogens is 1. The molecule has 1 saturated heterocycles. The maximum Gasteiger partial charge on any atom is 0.434 e. The smallest absolute Gasteiger partial charge is 0.384 e. The number of nitrogens with zero attached hydrogens (tertiary/aromatic N) is 6. The second-order valence-corrected chi connectivity index (χ2v) is 11.1. The topological polar surface area (TPSA) is 115 Å². The van der Waals surface area contributed by atoms with Crippen LogP contribution in [0.3, 0.4) is 0 Å². The lowest BCUT2D eigenvalue weighted by atomic mass is 9.83. The molecule has 0 radical (unpaired) electrons. The molecule has 4 aromatic rings. The first-order valence-electron chi connectivity index (χ1n) is 13.5. The number of hydrogen-bond donors (Lipinski definition) is 1. The normalized spacial score (nSPS) is 23.8. The van der Waals surface area contributed by atoms with E-state index in [4.69, 9.17) is 35.7 Å². The van der Waals surface area contributed by atoms with Gasteiger partial charge in [-0.15, -0.1) is 11.7 Å². The Bertz CT molecular complexity index is 1550. The second-order valence-electron chi connectivity index (χ2n) is 10.6. The standard InChI is InChI=1S/C28H32ClN7O3/c1-4-21-17(3)38-13-12-35(21)27-32-24-23(36(27)15-18-10-8-16(2)9-11-18)22(19-6-5-7-20(29)14-19)30-25(31-24)26-33-34-28(37)39-26/h4-7,14,16-18,21H,1,8-13,15H2,2-3H3,(H,34,37)/t16-,17-,18-,21-/m1/s1. The molecule has 10 nitrogen and oxygen atoms in total. The van der Waals surface area contributed by atoms with E-state index in [0.29, 0.717) is 35.4 Å². The fourth-order valence-corrected chi connectivity index (χ4v) is 6.03. The van der Waals surface area contributed by atoms with E-state index in [0.717, 1.165) is 42.3 Å². The molecular formula is C28H32ClN7O3. The summed E-state index contributed by atoms with van der Waals surface area (Å²) in [6.45, 7) is 10.5. The molecule has 11 heteroatoms. The molecule has 1 saturated carbocycles. The van der Waals surface area contributed by atoms with E-state index in [1.54, 1.807) is 0 Å². The van der Waals surface area contributed by atoms with Crippen LogP contribution in [0, 0.1) is 11.8 Å². The highest BCUT2D eigenvalue weighted by Crippen LogP contribution is 2.37. The number of aromatic amines is 1. The van der Waals surface area contributed by atoms with Gasteiger partial charge in [0, 0.05) is 23.7 Å². The van der Waals surface area contributed by atoms with Crippen molar-refractivity contribution in [1.82, 2.24) is 29.7 Å². The van der Waals surface area contributed by atoms with Gasteiger partial charge in [-0.1, -0.05) is 49.6 Å². The van der Waals surface area contributed by atoms with Crippen molar-refractivity contribution in [2.75, 3.05) is 18.1 Å². The summed E-state index contributed by atoms with van der Waals surface area (Å²) >= 11 is 6.42. The number of halogens is 1. The van der Waals surface area contributed by atoms with Gasteiger partial charge in [0.15, 0.2) is 5.65 Å². The van der Waals surface area contributed by atoms with E-state index in [9.17, 15) is 4.79 Å². The summed E-state index contributed by atoms with van der Waals surface area (Å²) in [7, 11) is 0. The van der Waals surface area contributed by atoms with Crippen LogP contribution >= 0.6 is 11.6 Å². The second kappa shape index (κ2) is 10.6. The summed E-state index contributed by atoms with van der Waals surface area (Å²) in [4.78, 5) is 28.7. The number of rotatable bonds is 6. The van der Waals surface area contributed by atoms with Gasteiger partial charge in [-0.3, -0.25) is 0 Å². The number of anilines is 1. The Morgan fingerprint density at radius 3 is 2.72 bits per heavy atom. The van der Waals surface area contributed by atoms with Crippen molar-refractivity contribution in [3.05, 3.63) is 52.5 Å². The van der Waals surface area contributed by atoms with Gasteiger partial charge in [0.25, 0.3) is 5.89 Å². The maximum atomic E-state index is 11.7. The lowest BCUT2D eigenvalue weighted by molar-refractivity contribution is 0.0345. The van der Waals surface area contributed by atoms with Crippen LogP contribution in [0.1, 0.15) is 39.5 Å². The highest BCUT2D eigenvalue weighted by Gasteiger charge is 2.33. The molecule has 2 fully saturated rings. The van der Waals surface area contributed by atoms with E-state index in [-0.39, 0.29) is 23.9 Å². The van der Waals surface area contributed by atoms with Gasteiger partial charge in [-0.05, 0) is 43.7 Å². The summed E-state index contributed by atoms with van der Waals surface area (Å²) in [5.74, 6) is 1.57. The quantitative estimate of drug-likeness (QED) is 0.330. The largest absolute Gasteiger partial charge is 0.434 e. The number of hydrogen-bond acceptors (Lipinski definition) is 8. The molecule has 0 bridgehead atoms. The molecule has 0 amide bonds. The lowest BCUT2D eigenvalue weighted by Gasteiger charge is -2.39. The van der Waals surface area contributed by atoms with Crippen molar-refractivity contribution < 1.29 is 9.15 Å². The minimum Gasteiger partial charge on any atom is -0.384 e. The Balaban J connectivity index is 1.59. The first kappa shape index (κ1) is 25.8. The lowest BCUT2D eigenvalue weighted by Crippen LogP contribution is -2.50. The fourth-order valence-electron chi connectivity index (χ4n) is 5.84. The Labute approximate surface area is 231 Å². The van der Waals surface area contributed by atoms with Crippen molar-refractivity contribution >= 4 is 28.7 Å². The molecule has 1 N–H and O–H groups in total. The summed E-state index contributed by atoms with van der Waals surface area (Å²) in [5.41, 5.74) is 2.79. The van der Waals surface area contributed by atoms with Crippen LogP contribution in [-0.4, -0.2) is 55.0 Å². The zero-order chi connectivity index (χ0) is 27.1. The van der Waals surface area contributed by atoms with E-state index in [2.05, 4.69) is 40.1 Å². The summed E-state index contributed by atoms with van der Waals surface area (Å²) < 4.78 is 13.4. The highest BCUT2D eigenvalue weighted by atomic mass is 35.5. The van der Waals surface area contributed by atoms with E-state index >= 15 is 0 Å². The van der Waals surface area contributed by atoms with Gasteiger partial charge >= 0.3 is 5.76 Å². The van der Waals surface area contributed by atoms with Crippen molar-refractivity contribution in [3.63, 3.8) is 0 Å². The third-order valence-electron chi connectivity index (χ3n) is 7.94. The number of benzene rings is 1. The molecule has 0 spiro atoms. The minimum atomic E-state index is -0.674. The molecule has 204 valence electrons. The number of ether oxygens (including phenoxy) is 1. The minimum absolute atomic E-state index is 0.00603. The maximum absolute atomic E-state index is 11.7. The zero-order valence-electron chi connectivity index (χ0n) is 22.1. The van der Waals surface area contributed by atoms with Crippen molar-refractivity contribution in [2.24, 2.45) is 11.8 Å². The molecule has 4 heterocycles. The van der Waals surface area contributed by atoms with Crippen LogP contribution in [0.4, 0.5) is 5.95 Å². The predicted octanol–water partition coefficient (Wildman–Crippen LogP) is 5.10. The SMILES string of the molecule is C=C[C@@H]1[C@@H](C)OCCN1c1nc2nc(-c3n[nH]c(=O)o3)nc(-c3cccc(Cl)c3)c2n1C[C@H]1CC[C@H](C)CC1. The van der Waals surface area contributed by atoms with Crippen LogP contribution in [0.25, 0.3) is 34.1 Å². The van der Waals surface area contributed by atoms with Crippen molar-refractivity contribution in [2.45, 2.75) is 58.2 Å². The average molecular weight is 550 g/mol. The van der Waals surface area contributed by atoms with Gasteiger partial charge in [0.1, 0.15) is 11.2 Å². The fraction of sp³-hybridized carbons (Fsp3) is 0.464. The molecular weight excluding hydrogens is 518 g/mol. The summed E-state index contributed by atoms with van der Waals surface area (Å²) in [6.07, 6.45) is 6.65.